The second kappa shape index (κ2) is 15.4. The van der Waals surface area contributed by atoms with E-state index in [-0.39, 0.29) is 81.1 Å². The number of hydrogen-bond donors (Lipinski definition) is 0. The van der Waals surface area contributed by atoms with Gasteiger partial charge in [0.25, 0.3) is 0 Å². The number of fused-ring (bicyclic) bond motifs is 2. The molecule has 0 radical (unpaired) electrons. The lowest BCUT2D eigenvalue weighted by molar-refractivity contribution is -0.137. The van der Waals surface area contributed by atoms with Crippen LogP contribution in [-0.2, 0) is 31.8 Å². The van der Waals surface area contributed by atoms with Gasteiger partial charge in [0.1, 0.15) is 29.9 Å². The number of likely N-dealkylation sites (tertiary alicyclic amines) is 1. The molecule has 3 aliphatic rings. The van der Waals surface area contributed by atoms with Gasteiger partial charge in [-0.15, -0.1) is 0 Å². The average molecular weight is 769 g/mol. The van der Waals surface area contributed by atoms with Crippen LogP contribution in [0.25, 0.3) is 0 Å². The first kappa shape index (κ1) is 39.3. The van der Waals surface area contributed by atoms with Gasteiger partial charge in [-0.05, 0) is 63.9 Å². The quantitative estimate of drug-likeness (QED) is 0.242. The summed E-state index contributed by atoms with van der Waals surface area (Å²) in [7, 11) is 1.43. The second-order valence-electron chi connectivity index (χ2n) is 15.1. The zero-order valence-electron chi connectivity index (χ0n) is 31.3. The van der Waals surface area contributed by atoms with Crippen molar-refractivity contribution in [2.24, 2.45) is 5.92 Å². The van der Waals surface area contributed by atoms with Crippen LogP contribution in [0, 0.1) is 18.7 Å². The molecule has 2 saturated heterocycles. The summed E-state index contributed by atoms with van der Waals surface area (Å²) in [6, 6.07) is 13.5. The number of aryl methyl sites for hydroxylation is 1. The van der Waals surface area contributed by atoms with E-state index in [9.17, 15) is 32.3 Å². The molecule has 4 heterocycles. The van der Waals surface area contributed by atoms with Crippen LogP contribution in [0.1, 0.15) is 50.4 Å². The fourth-order valence-electron chi connectivity index (χ4n) is 7.25. The molecule has 0 N–H and O–H groups in total. The standard InChI is InChI=1S/C39H44F4N6O6/c1-24-17-27(39(41,42)43)19-31(44-24)49-32(50)18-26-20-46(34-29(40)13-9-14-30(34)45(5)35(51)33(26)49)15-10-16-48(37(53)54-23-25-11-7-6-8-12-25)28-21-47(22-28)36(52)55-38(2,3)4/h6-9,11-14,17,19,26,28,33H,10,15-16,18,20-23H2,1-5H3/t26-,33+/m1/s1. The number of ether oxygens (including phenoxy) is 2. The maximum atomic E-state index is 15.8. The van der Waals surface area contributed by atoms with Crippen molar-refractivity contribution in [3.8, 4) is 0 Å². The maximum Gasteiger partial charge on any atom is 0.416 e. The number of carbonyl (C=O) groups is 4. The molecule has 2 fully saturated rings. The summed E-state index contributed by atoms with van der Waals surface area (Å²) in [5, 5.41) is 0. The molecule has 55 heavy (non-hydrogen) atoms. The van der Waals surface area contributed by atoms with E-state index in [0.29, 0.717) is 0 Å². The smallest absolute Gasteiger partial charge is 0.416 e. The molecule has 1 aromatic heterocycles. The molecule has 0 spiro atoms. The molecule has 0 saturated carbocycles. The van der Waals surface area contributed by atoms with Crippen molar-refractivity contribution in [2.75, 3.05) is 54.5 Å². The Balaban J connectivity index is 1.24. The molecule has 2 aromatic carbocycles. The summed E-state index contributed by atoms with van der Waals surface area (Å²) in [5.74, 6) is -2.82. The summed E-state index contributed by atoms with van der Waals surface area (Å²) in [5.41, 5.74) is -0.559. The first-order valence-corrected chi connectivity index (χ1v) is 18.1. The molecule has 0 aliphatic carbocycles. The largest absolute Gasteiger partial charge is 0.445 e. The zero-order valence-corrected chi connectivity index (χ0v) is 31.3. The number of likely N-dealkylation sites (N-methyl/N-ethyl adjacent to an activating group) is 1. The number of anilines is 3. The van der Waals surface area contributed by atoms with Crippen LogP contribution in [0.2, 0.25) is 0 Å². The summed E-state index contributed by atoms with van der Waals surface area (Å²) < 4.78 is 68.4. The lowest BCUT2D eigenvalue weighted by atomic mass is 9.95. The van der Waals surface area contributed by atoms with Crippen molar-refractivity contribution in [3.05, 3.63) is 83.3 Å². The molecule has 3 aromatic rings. The average Bonchev–Trinajstić information content (AvgIpc) is 3.41. The van der Waals surface area contributed by atoms with Crippen LogP contribution in [0.4, 0.5) is 44.3 Å². The molecule has 16 heteroatoms. The van der Waals surface area contributed by atoms with Crippen LogP contribution in [0.5, 0.6) is 0 Å². The lowest BCUT2D eigenvalue weighted by Crippen LogP contribution is -2.63. The Morgan fingerprint density at radius 2 is 1.69 bits per heavy atom. The van der Waals surface area contributed by atoms with Gasteiger partial charge in [-0.25, -0.2) is 19.0 Å². The predicted molar refractivity (Wildman–Crippen MR) is 195 cm³/mol. The first-order valence-electron chi connectivity index (χ1n) is 18.1. The van der Waals surface area contributed by atoms with Crippen molar-refractivity contribution in [3.63, 3.8) is 0 Å². The van der Waals surface area contributed by atoms with Gasteiger partial charge in [0.05, 0.1) is 23.0 Å². The number of carbonyl (C=O) groups excluding carboxylic acids is 4. The van der Waals surface area contributed by atoms with Crippen molar-refractivity contribution in [1.82, 2.24) is 14.8 Å². The summed E-state index contributed by atoms with van der Waals surface area (Å²) >= 11 is 0. The molecule has 0 unspecified atom stereocenters. The Morgan fingerprint density at radius 3 is 2.36 bits per heavy atom. The van der Waals surface area contributed by atoms with Gasteiger partial charge in [-0.3, -0.25) is 14.5 Å². The van der Waals surface area contributed by atoms with E-state index < -0.39 is 59.1 Å². The topological polar surface area (TPSA) is 116 Å². The molecule has 4 amide bonds. The SMILES string of the molecule is Cc1cc(C(F)(F)F)cc(N2C(=O)C[C@@H]3CN(CCCN(C(=O)OCc4ccccc4)C4CN(C(=O)OC(C)(C)C)C4)c4c(F)cccc4N(C)C(=O)[C@H]32)n1. The normalized spacial score (nSPS) is 19.0. The van der Waals surface area contributed by atoms with Crippen LogP contribution in [0.15, 0.2) is 60.7 Å². The maximum absolute atomic E-state index is 15.8. The van der Waals surface area contributed by atoms with Crippen LogP contribution in [-0.4, -0.2) is 96.2 Å². The number of hydrogen-bond acceptors (Lipinski definition) is 8. The molecule has 12 nitrogen and oxygen atoms in total. The van der Waals surface area contributed by atoms with E-state index in [4.69, 9.17) is 9.47 Å². The van der Waals surface area contributed by atoms with Crippen molar-refractivity contribution in [2.45, 2.75) is 71.0 Å². The number of benzene rings is 2. The zero-order chi connectivity index (χ0) is 39.8. The summed E-state index contributed by atoms with van der Waals surface area (Å²) in [6.45, 7) is 7.45. The highest BCUT2D eigenvalue weighted by Crippen LogP contribution is 2.41. The minimum Gasteiger partial charge on any atom is -0.445 e. The number of para-hydroxylation sites is 1. The number of aromatic nitrogens is 1. The summed E-state index contributed by atoms with van der Waals surface area (Å²) in [4.78, 5) is 65.2. The third-order valence-electron chi connectivity index (χ3n) is 9.85. The molecular formula is C39H44F4N6O6. The fourth-order valence-corrected chi connectivity index (χ4v) is 7.25. The van der Waals surface area contributed by atoms with Crippen molar-refractivity contribution >= 4 is 41.2 Å². The Morgan fingerprint density at radius 1 is 0.982 bits per heavy atom. The van der Waals surface area contributed by atoms with E-state index in [0.717, 1.165) is 22.6 Å². The number of nitrogens with zero attached hydrogens (tertiary/aromatic N) is 6. The van der Waals surface area contributed by atoms with Crippen molar-refractivity contribution < 1.29 is 46.2 Å². The third-order valence-corrected chi connectivity index (χ3v) is 9.85. The number of halogens is 4. The summed E-state index contributed by atoms with van der Waals surface area (Å²) in [6.07, 6.45) is -5.71. The van der Waals surface area contributed by atoms with Crippen molar-refractivity contribution in [1.29, 1.82) is 0 Å². The molecule has 6 rings (SSSR count). The molecule has 3 aliphatic heterocycles. The van der Waals surface area contributed by atoms with E-state index in [1.54, 1.807) is 31.7 Å². The van der Waals surface area contributed by atoms with E-state index in [2.05, 4.69) is 4.98 Å². The Labute approximate surface area is 316 Å². The Hall–Kier alpha value is -5.41. The van der Waals surface area contributed by atoms with E-state index in [1.807, 2.05) is 30.3 Å². The van der Waals surface area contributed by atoms with Gasteiger partial charge in [-0.1, -0.05) is 36.4 Å². The predicted octanol–water partition coefficient (Wildman–Crippen LogP) is 6.40. The molecule has 294 valence electrons. The fraction of sp³-hybridized carbons (Fsp3) is 0.462. The van der Waals surface area contributed by atoms with Crippen LogP contribution in [0.3, 0.4) is 0 Å². The van der Waals surface area contributed by atoms with E-state index >= 15 is 4.39 Å². The van der Waals surface area contributed by atoms with Gasteiger partial charge in [-0.2, -0.15) is 13.2 Å². The van der Waals surface area contributed by atoms with Crippen LogP contribution < -0.4 is 14.7 Å². The number of alkyl halides is 3. The Kier molecular flexibility index (Phi) is 11.0. The van der Waals surface area contributed by atoms with Gasteiger partial charge in [0.15, 0.2) is 0 Å². The number of pyridine rings is 1. The van der Waals surface area contributed by atoms with Crippen LogP contribution >= 0.6 is 0 Å². The highest BCUT2D eigenvalue weighted by molar-refractivity contribution is 6.10. The minimum absolute atomic E-state index is 0.00661. The van der Waals surface area contributed by atoms with Gasteiger partial charge in [0, 0.05) is 57.8 Å². The third kappa shape index (κ3) is 8.62. The lowest BCUT2D eigenvalue weighted by Gasteiger charge is -2.45. The highest BCUT2D eigenvalue weighted by atomic mass is 19.4. The minimum atomic E-state index is -4.71. The monoisotopic (exact) mass is 768 g/mol. The molecule has 2 atom stereocenters. The molecular weight excluding hydrogens is 724 g/mol. The second-order valence-corrected chi connectivity index (χ2v) is 15.1. The molecule has 0 bridgehead atoms. The number of rotatable bonds is 8. The first-order chi connectivity index (χ1) is 25.9. The highest BCUT2D eigenvalue weighted by Gasteiger charge is 2.50. The van der Waals surface area contributed by atoms with Gasteiger partial charge in [0.2, 0.25) is 11.8 Å². The Bertz CT molecular complexity index is 1930. The van der Waals surface area contributed by atoms with E-state index in [1.165, 1.54) is 40.8 Å². The number of amides is 4. The van der Waals surface area contributed by atoms with Gasteiger partial charge < -0.3 is 29.1 Å². The van der Waals surface area contributed by atoms with Gasteiger partial charge >= 0.3 is 18.4 Å².